The second-order valence-corrected chi connectivity index (χ2v) is 5.09. The summed E-state index contributed by atoms with van der Waals surface area (Å²) in [4.78, 5) is 22.7. The average molecular weight is 244 g/mol. The molecule has 0 atom stereocenters. The monoisotopic (exact) mass is 244 g/mol. The summed E-state index contributed by atoms with van der Waals surface area (Å²) in [6, 6.07) is 0. The Labute approximate surface area is 100 Å². The normalized spacial score (nSPS) is 13.3. The van der Waals surface area contributed by atoms with E-state index in [9.17, 15) is 9.59 Å². The molecular formula is C10H20N4O3. The molecule has 0 aromatic carbocycles. The van der Waals surface area contributed by atoms with Gasteiger partial charge in [0.25, 0.3) is 0 Å². The van der Waals surface area contributed by atoms with Crippen molar-refractivity contribution in [2.75, 3.05) is 0 Å². The molecule has 0 rings (SSSR count). The Morgan fingerprint density at radius 3 is 2.06 bits per heavy atom. The standard InChI is InChI=1S/C10H20N4O3/c1-9(2,5-6(11)15)13-8(16)10(3,4)7(12)14-17/h17H,5H2,1-4H3,(H2,11,15)(H2,12,14)(H,13,16). The molecule has 0 aliphatic carbocycles. The van der Waals surface area contributed by atoms with Crippen LogP contribution < -0.4 is 16.8 Å². The van der Waals surface area contributed by atoms with Crippen LogP contribution in [0.3, 0.4) is 0 Å². The van der Waals surface area contributed by atoms with Crippen molar-refractivity contribution in [1.82, 2.24) is 5.32 Å². The van der Waals surface area contributed by atoms with Crippen molar-refractivity contribution >= 4 is 17.6 Å². The smallest absolute Gasteiger partial charge is 0.233 e. The first kappa shape index (κ1) is 15.2. The van der Waals surface area contributed by atoms with Gasteiger partial charge in [-0.15, -0.1) is 0 Å². The number of nitrogens with zero attached hydrogens (tertiary/aromatic N) is 1. The molecule has 0 aliphatic rings. The summed E-state index contributed by atoms with van der Waals surface area (Å²) in [6.07, 6.45) is 0.00495. The zero-order chi connectivity index (χ0) is 13.9. The average Bonchev–Trinajstić information content (AvgIpc) is 2.13. The Bertz CT molecular complexity index is 347. The highest BCUT2D eigenvalue weighted by molar-refractivity contribution is 6.06. The SMILES string of the molecule is CC(C)(CC(N)=O)NC(=O)C(C)(C)C(N)=NO. The molecule has 0 aliphatic heterocycles. The fourth-order valence-electron chi connectivity index (χ4n) is 1.18. The van der Waals surface area contributed by atoms with Crippen LogP contribution in [-0.4, -0.2) is 28.4 Å². The van der Waals surface area contributed by atoms with Crippen LogP contribution in [-0.2, 0) is 9.59 Å². The van der Waals surface area contributed by atoms with Gasteiger partial charge in [0, 0.05) is 12.0 Å². The molecule has 0 saturated heterocycles. The Kier molecular flexibility index (Phi) is 4.50. The number of nitrogens with one attached hydrogen (secondary N) is 1. The van der Waals surface area contributed by atoms with Crippen molar-refractivity contribution in [1.29, 1.82) is 0 Å². The van der Waals surface area contributed by atoms with Gasteiger partial charge in [0.15, 0.2) is 5.84 Å². The van der Waals surface area contributed by atoms with Crippen LogP contribution in [0.25, 0.3) is 0 Å². The first-order valence-corrected chi connectivity index (χ1v) is 5.12. The molecule has 98 valence electrons. The van der Waals surface area contributed by atoms with E-state index in [1.807, 2.05) is 0 Å². The summed E-state index contributed by atoms with van der Waals surface area (Å²) in [6.45, 7) is 6.35. The minimum absolute atomic E-state index is 0.00495. The number of oxime groups is 1. The fraction of sp³-hybridized carbons (Fsp3) is 0.700. The lowest BCUT2D eigenvalue weighted by Gasteiger charge is -2.30. The number of amidine groups is 1. The van der Waals surface area contributed by atoms with Gasteiger partial charge in [-0.05, 0) is 27.7 Å². The molecule has 7 heteroatoms. The maximum absolute atomic E-state index is 11.9. The van der Waals surface area contributed by atoms with Gasteiger partial charge in [0.05, 0.1) is 0 Å². The van der Waals surface area contributed by atoms with E-state index in [1.165, 1.54) is 13.8 Å². The summed E-state index contributed by atoms with van der Waals surface area (Å²) >= 11 is 0. The maximum atomic E-state index is 11.9. The lowest BCUT2D eigenvalue weighted by molar-refractivity contribution is -0.128. The Hall–Kier alpha value is -1.79. The number of amides is 2. The second kappa shape index (κ2) is 5.03. The Morgan fingerprint density at radius 2 is 1.71 bits per heavy atom. The molecule has 0 aromatic heterocycles. The van der Waals surface area contributed by atoms with E-state index in [4.69, 9.17) is 16.7 Å². The van der Waals surface area contributed by atoms with Gasteiger partial charge in [-0.2, -0.15) is 0 Å². The summed E-state index contributed by atoms with van der Waals surface area (Å²) in [5.41, 5.74) is 8.55. The minimum atomic E-state index is -1.16. The quantitative estimate of drug-likeness (QED) is 0.225. The van der Waals surface area contributed by atoms with Crippen molar-refractivity contribution in [3.05, 3.63) is 0 Å². The maximum Gasteiger partial charge on any atom is 0.233 e. The summed E-state index contributed by atoms with van der Waals surface area (Å²) < 4.78 is 0. The van der Waals surface area contributed by atoms with Crippen molar-refractivity contribution < 1.29 is 14.8 Å². The van der Waals surface area contributed by atoms with E-state index in [2.05, 4.69) is 10.5 Å². The number of carbonyl (C=O) groups is 2. The number of rotatable bonds is 5. The van der Waals surface area contributed by atoms with Crippen LogP contribution in [0.5, 0.6) is 0 Å². The Balaban J connectivity index is 4.81. The van der Waals surface area contributed by atoms with Crippen LogP contribution in [0.4, 0.5) is 0 Å². The molecule has 0 spiro atoms. The van der Waals surface area contributed by atoms with Gasteiger partial charge in [0.1, 0.15) is 5.41 Å². The summed E-state index contributed by atoms with van der Waals surface area (Å²) in [7, 11) is 0. The van der Waals surface area contributed by atoms with E-state index in [-0.39, 0.29) is 12.3 Å². The van der Waals surface area contributed by atoms with E-state index < -0.39 is 22.8 Å². The molecule has 0 fully saturated rings. The summed E-state index contributed by atoms with van der Waals surface area (Å²) in [5.74, 6) is -1.17. The van der Waals surface area contributed by atoms with Crippen LogP contribution in [0, 0.1) is 5.41 Å². The third kappa shape index (κ3) is 4.29. The van der Waals surface area contributed by atoms with Gasteiger partial charge >= 0.3 is 0 Å². The van der Waals surface area contributed by atoms with Crippen LogP contribution in [0.1, 0.15) is 34.1 Å². The first-order chi connectivity index (χ1) is 7.53. The second-order valence-electron chi connectivity index (χ2n) is 5.09. The van der Waals surface area contributed by atoms with E-state index >= 15 is 0 Å². The molecular weight excluding hydrogens is 224 g/mol. The molecule has 0 aromatic rings. The highest BCUT2D eigenvalue weighted by Crippen LogP contribution is 2.18. The van der Waals surface area contributed by atoms with Crippen molar-refractivity contribution in [3.63, 3.8) is 0 Å². The third-order valence-electron chi connectivity index (χ3n) is 2.38. The largest absolute Gasteiger partial charge is 0.409 e. The van der Waals surface area contributed by atoms with Crippen LogP contribution >= 0.6 is 0 Å². The minimum Gasteiger partial charge on any atom is -0.409 e. The number of primary amides is 1. The van der Waals surface area contributed by atoms with E-state index in [0.29, 0.717) is 0 Å². The molecule has 0 bridgehead atoms. The van der Waals surface area contributed by atoms with E-state index in [0.717, 1.165) is 0 Å². The first-order valence-electron chi connectivity index (χ1n) is 5.12. The predicted octanol–water partition coefficient (Wildman–Crippen LogP) is -0.471. The molecule has 17 heavy (non-hydrogen) atoms. The summed E-state index contributed by atoms with van der Waals surface area (Å²) in [5, 5.41) is 14.0. The number of carbonyl (C=O) groups excluding carboxylic acids is 2. The predicted molar refractivity (Wildman–Crippen MR) is 63.2 cm³/mol. The lowest BCUT2D eigenvalue weighted by atomic mass is 9.88. The van der Waals surface area contributed by atoms with Crippen molar-refractivity contribution in [2.24, 2.45) is 22.0 Å². The number of hydrogen-bond donors (Lipinski definition) is 4. The molecule has 7 nitrogen and oxygen atoms in total. The zero-order valence-electron chi connectivity index (χ0n) is 10.6. The van der Waals surface area contributed by atoms with Gasteiger partial charge < -0.3 is 22.0 Å². The van der Waals surface area contributed by atoms with Gasteiger partial charge in [-0.3, -0.25) is 9.59 Å². The third-order valence-corrected chi connectivity index (χ3v) is 2.38. The van der Waals surface area contributed by atoms with Gasteiger partial charge in [0.2, 0.25) is 11.8 Å². The lowest BCUT2D eigenvalue weighted by Crippen LogP contribution is -2.54. The van der Waals surface area contributed by atoms with Gasteiger partial charge in [-0.25, -0.2) is 0 Å². The number of hydrogen-bond acceptors (Lipinski definition) is 4. The fourth-order valence-corrected chi connectivity index (χ4v) is 1.18. The van der Waals surface area contributed by atoms with Gasteiger partial charge in [-0.1, -0.05) is 5.16 Å². The molecule has 0 heterocycles. The van der Waals surface area contributed by atoms with Crippen molar-refractivity contribution in [3.8, 4) is 0 Å². The molecule has 6 N–H and O–H groups in total. The highest BCUT2D eigenvalue weighted by Gasteiger charge is 2.36. The topological polar surface area (TPSA) is 131 Å². The molecule has 0 unspecified atom stereocenters. The Morgan fingerprint density at radius 1 is 1.24 bits per heavy atom. The van der Waals surface area contributed by atoms with E-state index in [1.54, 1.807) is 13.8 Å². The van der Waals surface area contributed by atoms with Crippen LogP contribution in [0.2, 0.25) is 0 Å². The zero-order valence-corrected chi connectivity index (χ0v) is 10.6. The molecule has 0 radical (unpaired) electrons. The van der Waals surface area contributed by atoms with Crippen LogP contribution in [0.15, 0.2) is 5.16 Å². The highest BCUT2D eigenvalue weighted by atomic mass is 16.4. The van der Waals surface area contributed by atoms with Crippen molar-refractivity contribution in [2.45, 2.75) is 39.7 Å². The number of nitrogens with two attached hydrogens (primary N) is 2. The molecule has 0 saturated carbocycles. The molecule has 2 amide bonds.